The third kappa shape index (κ3) is 6.05. The summed E-state index contributed by atoms with van der Waals surface area (Å²) in [6, 6.07) is 0. The van der Waals surface area contributed by atoms with E-state index in [-0.39, 0.29) is 5.78 Å². The molecule has 2 heteroatoms. The molecule has 0 radical (unpaired) electrons. The molecule has 0 aromatic rings. The lowest BCUT2D eigenvalue weighted by molar-refractivity contribution is -0.116. The lowest BCUT2D eigenvalue weighted by Gasteiger charge is -2.05. The Hall–Kier alpha value is -1.15. The van der Waals surface area contributed by atoms with Gasteiger partial charge in [-0.05, 0) is 25.0 Å². The predicted molar refractivity (Wildman–Crippen MR) is 56.6 cm³/mol. The molecule has 0 rings (SSSR count). The molecule has 0 aromatic carbocycles. The van der Waals surface area contributed by atoms with E-state index >= 15 is 0 Å². The van der Waals surface area contributed by atoms with E-state index in [1.54, 1.807) is 6.92 Å². The average Bonchev–Trinajstić information content (AvgIpc) is 2.04. The quantitative estimate of drug-likeness (QED) is 0.630. The molecule has 72 valence electrons. The largest absolute Gasteiger partial charge is 0.306 e. The van der Waals surface area contributed by atoms with Crippen molar-refractivity contribution in [2.45, 2.75) is 13.8 Å². The minimum Gasteiger partial charge on any atom is -0.306 e. The number of carbonyl (C=O) groups excluding carboxylic acids is 1. The third-order valence-electron chi connectivity index (χ3n) is 1.53. The van der Waals surface area contributed by atoms with Crippen LogP contribution in [0.3, 0.4) is 0 Å². The number of hydrogen-bond acceptors (Lipinski definition) is 2. The Balaban J connectivity index is 3.75. The van der Waals surface area contributed by atoms with E-state index in [4.69, 9.17) is 0 Å². The number of nitrogens with one attached hydrogen (secondary N) is 1. The molecule has 0 aliphatic carbocycles. The Kier molecular flexibility index (Phi) is 5.81. The van der Waals surface area contributed by atoms with Crippen molar-refractivity contribution >= 4 is 5.78 Å². The highest BCUT2D eigenvalue weighted by molar-refractivity contribution is 5.77. The molecule has 13 heavy (non-hydrogen) atoms. The predicted octanol–water partition coefficient (Wildman–Crippen LogP) is 1.85. The van der Waals surface area contributed by atoms with Gasteiger partial charge in [0.2, 0.25) is 0 Å². The molecule has 0 saturated carbocycles. The minimum atomic E-state index is 0.129. The molecule has 0 unspecified atom stereocenters. The van der Waals surface area contributed by atoms with Gasteiger partial charge in [0.1, 0.15) is 5.78 Å². The van der Waals surface area contributed by atoms with E-state index < -0.39 is 0 Å². The Morgan fingerprint density at radius 2 is 2.00 bits per heavy atom. The van der Waals surface area contributed by atoms with Crippen LogP contribution in [0.25, 0.3) is 0 Å². The second-order valence-electron chi connectivity index (χ2n) is 2.93. The summed E-state index contributed by atoms with van der Waals surface area (Å²) in [5, 5.41) is 2.98. The smallest absolute Gasteiger partial charge is 0.143 e. The van der Waals surface area contributed by atoms with Gasteiger partial charge in [0.25, 0.3) is 0 Å². The fourth-order valence-electron chi connectivity index (χ4n) is 0.822. The molecule has 0 fully saturated rings. The lowest BCUT2D eigenvalue weighted by atomic mass is 10.1. The van der Waals surface area contributed by atoms with Crippen LogP contribution < -0.4 is 5.32 Å². The maximum absolute atomic E-state index is 10.6. The zero-order valence-electron chi connectivity index (χ0n) is 8.39. The molecule has 0 aliphatic heterocycles. The number of hydrogen-bond donors (Lipinski definition) is 1. The van der Waals surface area contributed by atoms with Gasteiger partial charge in [0.15, 0.2) is 0 Å². The van der Waals surface area contributed by atoms with Crippen molar-refractivity contribution in [3.8, 4) is 0 Å². The van der Waals surface area contributed by atoms with Gasteiger partial charge in [-0.25, -0.2) is 0 Å². The third-order valence-corrected chi connectivity index (χ3v) is 1.53. The summed E-state index contributed by atoms with van der Waals surface area (Å²) >= 11 is 0. The van der Waals surface area contributed by atoms with E-state index in [9.17, 15) is 4.79 Å². The van der Waals surface area contributed by atoms with Crippen LogP contribution in [0.5, 0.6) is 0 Å². The Labute approximate surface area is 80.0 Å². The number of allylic oxidation sites excluding steroid dienone is 2. The molecule has 0 aromatic heterocycles. The van der Waals surface area contributed by atoms with Crippen molar-refractivity contribution in [3.63, 3.8) is 0 Å². The minimum absolute atomic E-state index is 0.129. The van der Waals surface area contributed by atoms with E-state index in [1.807, 2.05) is 19.1 Å². The Morgan fingerprint density at radius 1 is 1.38 bits per heavy atom. The lowest BCUT2D eigenvalue weighted by Crippen LogP contribution is -2.23. The first kappa shape index (κ1) is 11.8. The summed E-state index contributed by atoms with van der Waals surface area (Å²) < 4.78 is 0. The molecular formula is C11H17NO. The van der Waals surface area contributed by atoms with Crippen molar-refractivity contribution in [1.82, 2.24) is 5.32 Å². The standard InChI is InChI=1S/C11H17NO/c1-5-6-9(2)10(3)7-12-8-11(4)13/h5-6,12H,2-3,7-8H2,1,4H3. The van der Waals surface area contributed by atoms with Crippen LogP contribution >= 0.6 is 0 Å². The summed E-state index contributed by atoms with van der Waals surface area (Å²) in [6.07, 6.45) is 3.82. The van der Waals surface area contributed by atoms with Crippen molar-refractivity contribution < 1.29 is 4.79 Å². The molecule has 0 saturated heterocycles. The highest BCUT2D eigenvalue weighted by Gasteiger charge is 1.97. The Morgan fingerprint density at radius 3 is 2.46 bits per heavy atom. The van der Waals surface area contributed by atoms with E-state index in [0.29, 0.717) is 13.1 Å². The fraction of sp³-hybridized carbons (Fsp3) is 0.364. The van der Waals surface area contributed by atoms with Gasteiger partial charge < -0.3 is 5.32 Å². The van der Waals surface area contributed by atoms with Gasteiger partial charge >= 0.3 is 0 Å². The van der Waals surface area contributed by atoms with Crippen molar-refractivity contribution in [1.29, 1.82) is 0 Å². The van der Waals surface area contributed by atoms with Crippen LogP contribution in [0, 0.1) is 0 Å². The van der Waals surface area contributed by atoms with E-state index in [2.05, 4.69) is 18.5 Å². The van der Waals surface area contributed by atoms with E-state index in [1.165, 1.54) is 0 Å². The van der Waals surface area contributed by atoms with Gasteiger partial charge in [-0.15, -0.1) is 0 Å². The molecule has 0 amide bonds. The molecule has 0 heterocycles. The molecule has 2 nitrogen and oxygen atoms in total. The van der Waals surface area contributed by atoms with Crippen LogP contribution in [-0.2, 0) is 4.79 Å². The van der Waals surface area contributed by atoms with Gasteiger partial charge in [0, 0.05) is 6.54 Å². The van der Waals surface area contributed by atoms with Crippen molar-refractivity contribution in [2.75, 3.05) is 13.1 Å². The SMILES string of the molecule is C=C(C=CC)C(=C)CNCC(C)=O. The molecule has 0 spiro atoms. The summed E-state index contributed by atoms with van der Waals surface area (Å²) in [7, 11) is 0. The van der Waals surface area contributed by atoms with Crippen LogP contribution in [-0.4, -0.2) is 18.9 Å². The van der Waals surface area contributed by atoms with Crippen LogP contribution in [0.1, 0.15) is 13.8 Å². The monoisotopic (exact) mass is 179 g/mol. The van der Waals surface area contributed by atoms with Gasteiger partial charge in [-0.3, -0.25) is 4.79 Å². The molecule has 0 bridgehead atoms. The number of rotatable bonds is 6. The number of carbonyl (C=O) groups is 1. The summed E-state index contributed by atoms with van der Waals surface area (Å²) in [4.78, 5) is 10.6. The summed E-state index contributed by atoms with van der Waals surface area (Å²) in [5.74, 6) is 0.129. The topological polar surface area (TPSA) is 29.1 Å². The molecule has 0 aliphatic rings. The number of Topliss-reactive ketones (excluding diaryl/α,β-unsaturated/α-hetero) is 1. The van der Waals surface area contributed by atoms with Gasteiger partial charge in [-0.1, -0.05) is 25.3 Å². The average molecular weight is 179 g/mol. The fourth-order valence-corrected chi connectivity index (χ4v) is 0.822. The summed E-state index contributed by atoms with van der Waals surface area (Å²) in [6.45, 7) is 12.2. The van der Waals surface area contributed by atoms with Crippen LogP contribution in [0.2, 0.25) is 0 Å². The number of ketones is 1. The summed E-state index contributed by atoms with van der Waals surface area (Å²) in [5.41, 5.74) is 1.82. The molecule has 1 N–H and O–H groups in total. The molecule has 0 atom stereocenters. The highest BCUT2D eigenvalue weighted by atomic mass is 16.1. The first-order valence-electron chi connectivity index (χ1n) is 4.27. The van der Waals surface area contributed by atoms with Crippen LogP contribution in [0.15, 0.2) is 36.5 Å². The highest BCUT2D eigenvalue weighted by Crippen LogP contribution is 2.04. The van der Waals surface area contributed by atoms with Gasteiger partial charge in [0.05, 0.1) is 6.54 Å². The second-order valence-corrected chi connectivity index (χ2v) is 2.93. The van der Waals surface area contributed by atoms with Crippen molar-refractivity contribution in [3.05, 3.63) is 36.5 Å². The van der Waals surface area contributed by atoms with Crippen molar-refractivity contribution in [2.24, 2.45) is 0 Å². The maximum atomic E-state index is 10.6. The van der Waals surface area contributed by atoms with Crippen LogP contribution in [0.4, 0.5) is 0 Å². The van der Waals surface area contributed by atoms with E-state index in [0.717, 1.165) is 11.1 Å². The van der Waals surface area contributed by atoms with Gasteiger partial charge in [-0.2, -0.15) is 0 Å². The zero-order chi connectivity index (χ0) is 10.3. The molecular weight excluding hydrogens is 162 g/mol. The Bertz CT molecular complexity index is 238. The zero-order valence-corrected chi connectivity index (χ0v) is 8.39. The normalized spacial score (nSPS) is 10.3. The second kappa shape index (κ2) is 6.38. The first-order chi connectivity index (χ1) is 6.07. The maximum Gasteiger partial charge on any atom is 0.143 e. The first-order valence-corrected chi connectivity index (χ1v) is 4.27.